The number of carbonyl (C=O) groups is 1. The second kappa shape index (κ2) is 4.65. The Morgan fingerprint density at radius 1 is 1.69 bits per heavy atom. The molecular formula is C9H9BrClN3O2. The first kappa shape index (κ1) is 11.8. The third-order valence-electron chi connectivity index (χ3n) is 2.40. The summed E-state index contributed by atoms with van der Waals surface area (Å²) in [6, 6.07) is 0. The van der Waals surface area contributed by atoms with Crippen LogP contribution in [0, 0.1) is 5.92 Å². The summed E-state index contributed by atoms with van der Waals surface area (Å²) >= 11 is 8.95. The Morgan fingerprint density at radius 2 is 2.44 bits per heavy atom. The number of aliphatic hydroxyl groups is 1. The number of hydrogen-bond acceptors (Lipinski definition) is 4. The van der Waals surface area contributed by atoms with E-state index in [0.717, 1.165) is 0 Å². The van der Waals surface area contributed by atoms with Crippen LogP contribution in [0.2, 0.25) is 5.15 Å². The van der Waals surface area contributed by atoms with E-state index in [0.29, 0.717) is 23.4 Å². The highest BCUT2D eigenvalue weighted by Crippen LogP contribution is 2.29. The van der Waals surface area contributed by atoms with E-state index in [-0.39, 0.29) is 23.6 Å². The second-order valence-corrected chi connectivity index (χ2v) is 4.70. The molecule has 0 bridgehead atoms. The zero-order valence-corrected chi connectivity index (χ0v) is 10.6. The molecule has 0 aromatic carbocycles. The minimum atomic E-state index is -0.0729. The van der Waals surface area contributed by atoms with Gasteiger partial charge in [-0.25, -0.2) is 9.97 Å². The molecule has 1 amide bonds. The molecular weight excluding hydrogens is 297 g/mol. The lowest BCUT2D eigenvalue weighted by Gasteiger charge is -2.16. The summed E-state index contributed by atoms with van der Waals surface area (Å²) in [5.41, 5.74) is 0. The van der Waals surface area contributed by atoms with Gasteiger partial charge in [0, 0.05) is 25.5 Å². The van der Waals surface area contributed by atoms with Crippen molar-refractivity contribution < 1.29 is 9.90 Å². The zero-order valence-electron chi connectivity index (χ0n) is 8.23. The van der Waals surface area contributed by atoms with E-state index in [9.17, 15) is 4.79 Å². The van der Waals surface area contributed by atoms with Crippen molar-refractivity contribution in [1.82, 2.24) is 9.97 Å². The van der Waals surface area contributed by atoms with E-state index in [2.05, 4.69) is 25.9 Å². The molecule has 16 heavy (non-hydrogen) atoms. The van der Waals surface area contributed by atoms with Gasteiger partial charge in [0.15, 0.2) is 5.82 Å². The number of carbonyl (C=O) groups excluding carboxylic acids is 1. The Hall–Kier alpha value is -0.720. The predicted molar refractivity (Wildman–Crippen MR) is 62.3 cm³/mol. The van der Waals surface area contributed by atoms with Crippen LogP contribution in [0.4, 0.5) is 5.82 Å². The lowest BCUT2D eigenvalue weighted by molar-refractivity contribution is -0.117. The molecule has 0 radical (unpaired) electrons. The number of amides is 1. The maximum absolute atomic E-state index is 11.7. The SMILES string of the molecule is O=C1CC(CO)CN1c1nc(Cl)cnc1Br. The second-order valence-electron chi connectivity index (χ2n) is 3.56. The van der Waals surface area contributed by atoms with Crippen molar-refractivity contribution in [2.24, 2.45) is 5.92 Å². The molecule has 1 aliphatic heterocycles. The molecule has 1 aromatic heterocycles. The largest absolute Gasteiger partial charge is 0.396 e. The monoisotopic (exact) mass is 305 g/mol. The van der Waals surface area contributed by atoms with Crippen LogP contribution in [-0.4, -0.2) is 34.1 Å². The molecule has 86 valence electrons. The highest BCUT2D eigenvalue weighted by molar-refractivity contribution is 9.10. The van der Waals surface area contributed by atoms with Crippen LogP contribution in [0.25, 0.3) is 0 Å². The van der Waals surface area contributed by atoms with Crippen LogP contribution in [0.5, 0.6) is 0 Å². The van der Waals surface area contributed by atoms with E-state index in [1.807, 2.05) is 0 Å². The molecule has 1 unspecified atom stereocenters. The summed E-state index contributed by atoms with van der Waals surface area (Å²) in [5.74, 6) is 0.296. The van der Waals surface area contributed by atoms with E-state index < -0.39 is 0 Å². The highest BCUT2D eigenvalue weighted by Gasteiger charge is 2.32. The number of rotatable bonds is 2. The lowest BCUT2D eigenvalue weighted by atomic mass is 10.1. The van der Waals surface area contributed by atoms with Gasteiger partial charge < -0.3 is 5.11 Å². The summed E-state index contributed by atoms with van der Waals surface area (Å²) in [4.78, 5) is 21.2. The van der Waals surface area contributed by atoms with E-state index in [1.165, 1.54) is 11.1 Å². The highest BCUT2D eigenvalue weighted by atomic mass is 79.9. The normalized spacial score (nSPS) is 20.6. The van der Waals surface area contributed by atoms with Crippen molar-refractivity contribution in [3.05, 3.63) is 16.0 Å². The zero-order chi connectivity index (χ0) is 11.7. The van der Waals surface area contributed by atoms with Crippen LogP contribution >= 0.6 is 27.5 Å². The summed E-state index contributed by atoms with van der Waals surface area (Å²) < 4.78 is 0.476. The molecule has 0 saturated carbocycles. The molecule has 1 fully saturated rings. The molecule has 5 nitrogen and oxygen atoms in total. The van der Waals surface area contributed by atoms with Gasteiger partial charge in [0.05, 0.1) is 6.20 Å². The minimum Gasteiger partial charge on any atom is -0.396 e. The summed E-state index contributed by atoms with van der Waals surface area (Å²) in [7, 11) is 0. The van der Waals surface area contributed by atoms with Gasteiger partial charge in [0.1, 0.15) is 9.76 Å². The van der Waals surface area contributed by atoms with Crippen LogP contribution in [0.1, 0.15) is 6.42 Å². The molecule has 2 heterocycles. The van der Waals surface area contributed by atoms with Crippen molar-refractivity contribution in [2.75, 3.05) is 18.1 Å². The Kier molecular flexibility index (Phi) is 3.41. The fourth-order valence-corrected chi connectivity index (χ4v) is 2.16. The molecule has 1 saturated heterocycles. The van der Waals surface area contributed by atoms with Gasteiger partial charge in [-0.15, -0.1) is 0 Å². The Balaban J connectivity index is 2.30. The van der Waals surface area contributed by atoms with E-state index in [4.69, 9.17) is 16.7 Å². The molecule has 1 atom stereocenters. The number of aromatic nitrogens is 2. The van der Waals surface area contributed by atoms with Gasteiger partial charge in [-0.1, -0.05) is 11.6 Å². The molecule has 7 heteroatoms. The molecule has 0 aliphatic carbocycles. The maximum atomic E-state index is 11.7. The average Bonchev–Trinajstić information content (AvgIpc) is 2.63. The van der Waals surface area contributed by atoms with Crippen LogP contribution in [-0.2, 0) is 4.79 Å². The number of halogens is 2. The number of anilines is 1. The molecule has 1 N–H and O–H groups in total. The van der Waals surface area contributed by atoms with Gasteiger partial charge in [0.2, 0.25) is 5.91 Å². The van der Waals surface area contributed by atoms with Gasteiger partial charge in [-0.2, -0.15) is 0 Å². The van der Waals surface area contributed by atoms with E-state index >= 15 is 0 Å². The average molecular weight is 307 g/mol. The summed E-state index contributed by atoms with van der Waals surface area (Å²) in [6.07, 6.45) is 1.73. The molecule has 1 aliphatic rings. The topological polar surface area (TPSA) is 66.3 Å². The van der Waals surface area contributed by atoms with Crippen molar-refractivity contribution in [2.45, 2.75) is 6.42 Å². The van der Waals surface area contributed by atoms with Crippen molar-refractivity contribution in [3.63, 3.8) is 0 Å². The number of aliphatic hydroxyl groups excluding tert-OH is 1. The Morgan fingerprint density at radius 3 is 3.06 bits per heavy atom. The number of hydrogen-bond donors (Lipinski definition) is 1. The van der Waals surface area contributed by atoms with E-state index in [1.54, 1.807) is 0 Å². The smallest absolute Gasteiger partial charge is 0.228 e. The van der Waals surface area contributed by atoms with Gasteiger partial charge in [-0.3, -0.25) is 9.69 Å². The molecule has 2 rings (SSSR count). The fraction of sp³-hybridized carbons (Fsp3) is 0.444. The van der Waals surface area contributed by atoms with Crippen LogP contribution in [0.3, 0.4) is 0 Å². The maximum Gasteiger partial charge on any atom is 0.228 e. The van der Waals surface area contributed by atoms with Gasteiger partial charge >= 0.3 is 0 Å². The first-order chi connectivity index (χ1) is 7.61. The van der Waals surface area contributed by atoms with Crippen LogP contribution < -0.4 is 4.90 Å². The minimum absolute atomic E-state index is 0.00610. The predicted octanol–water partition coefficient (Wildman–Crippen LogP) is 1.24. The number of nitrogens with zero attached hydrogens (tertiary/aromatic N) is 3. The Labute approximate surface area is 106 Å². The Bertz CT molecular complexity index is 429. The standard InChI is InChI=1S/C9H9BrClN3O2/c10-8-9(13-6(11)2-12-8)14-3-5(4-15)1-7(14)16/h2,5,15H,1,3-4H2. The van der Waals surface area contributed by atoms with Crippen molar-refractivity contribution >= 4 is 39.3 Å². The quantitative estimate of drug-likeness (QED) is 0.893. The molecule has 1 aromatic rings. The van der Waals surface area contributed by atoms with Gasteiger partial charge in [-0.05, 0) is 15.9 Å². The van der Waals surface area contributed by atoms with Crippen molar-refractivity contribution in [1.29, 1.82) is 0 Å². The first-order valence-corrected chi connectivity index (χ1v) is 5.88. The fourth-order valence-electron chi connectivity index (χ4n) is 1.62. The summed E-state index contributed by atoms with van der Waals surface area (Å²) in [6.45, 7) is 0.441. The van der Waals surface area contributed by atoms with Crippen molar-refractivity contribution in [3.8, 4) is 0 Å². The lowest BCUT2D eigenvalue weighted by Crippen LogP contribution is -2.26. The third kappa shape index (κ3) is 2.18. The molecule has 0 spiro atoms. The van der Waals surface area contributed by atoms with Gasteiger partial charge in [0.25, 0.3) is 0 Å². The van der Waals surface area contributed by atoms with Crippen LogP contribution in [0.15, 0.2) is 10.8 Å². The third-order valence-corrected chi connectivity index (χ3v) is 3.14. The first-order valence-electron chi connectivity index (χ1n) is 4.71. The summed E-state index contributed by atoms with van der Waals surface area (Å²) in [5, 5.41) is 9.25.